The van der Waals surface area contributed by atoms with Crippen LogP contribution >= 0.6 is 0 Å². The van der Waals surface area contributed by atoms with E-state index < -0.39 is 0 Å². The van der Waals surface area contributed by atoms with Crippen LogP contribution in [-0.2, 0) is 0 Å². The Morgan fingerprint density at radius 3 is 2.47 bits per heavy atom. The number of nitrogen functional groups attached to an aromatic ring is 1. The van der Waals surface area contributed by atoms with Crippen LogP contribution in [-0.4, -0.2) is 13.6 Å². The molecule has 1 rings (SSSR count). The fraction of sp³-hybridized carbons (Fsp3) is 0.500. The fourth-order valence-corrected chi connectivity index (χ4v) is 1.60. The third kappa shape index (κ3) is 3.99. The van der Waals surface area contributed by atoms with Crippen molar-refractivity contribution in [2.45, 2.75) is 27.2 Å². The van der Waals surface area contributed by atoms with Crippen LogP contribution in [0.1, 0.15) is 32.8 Å². The van der Waals surface area contributed by atoms with Crippen molar-refractivity contribution in [1.29, 1.82) is 5.26 Å². The number of nitrogens with zero attached hydrogens (tertiary/aromatic N) is 2. The molecular weight excluding hydrogens is 210 g/mol. The van der Waals surface area contributed by atoms with Crippen molar-refractivity contribution in [1.82, 2.24) is 0 Å². The average molecular weight is 231 g/mol. The normalized spacial score (nSPS) is 11.0. The first kappa shape index (κ1) is 13.4. The molecule has 0 saturated carbocycles. The standard InChI is InChI=1S/C14H21N3/c1-14(2,3)7-8-17(4)13-6-5-11(10-15)9-12(13)16/h5-6,9H,7-8,16H2,1-4H3. The monoisotopic (exact) mass is 231 g/mol. The van der Waals surface area contributed by atoms with Crippen LogP contribution in [0.5, 0.6) is 0 Å². The maximum atomic E-state index is 8.78. The predicted octanol–water partition coefficient (Wildman–Crippen LogP) is 3.01. The molecule has 0 saturated heterocycles. The van der Waals surface area contributed by atoms with Gasteiger partial charge < -0.3 is 10.6 Å². The van der Waals surface area contributed by atoms with Crippen LogP contribution < -0.4 is 10.6 Å². The SMILES string of the molecule is CN(CCC(C)(C)C)c1ccc(C#N)cc1N. The van der Waals surface area contributed by atoms with Crippen LogP contribution in [0.3, 0.4) is 0 Å². The van der Waals surface area contributed by atoms with E-state index in [1.807, 2.05) is 13.1 Å². The summed E-state index contributed by atoms with van der Waals surface area (Å²) < 4.78 is 0. The molecule has 2 N–H and O–H groups in total. The molecule has 0 heterocycles. The Labute approximate surface area is 104 Å². The summed E-state index contributed by atoms with van der Waals surface area (Å²) in [7, 11) is 2.03. The summed E-state index contributed by atoms with van der Waals surface area (Å²) >= 11 is 0. The van der Waals surface area contributed by atoms with Crippen LogP contribution in [0.25, 0.3) is 0 Å². The fourth-order valence-electron chi connectivity index (χ4n) is 1.60. The molecule has 3 heteroatoms. The summed E-state index contributed by atoms with van der Waals surface area (Å²) in [6.45, 7) is 7.63. The molecule has 0 aromatic heterocycles. The van der Waals surface area contributed by atoms with Gasteiger partial charge in [-0.25, -0.2) is 0 Å². The molecule has 0 amide bonds. The first-order valence-electron chi connectivity index (χ1n) is 5.84. The molecule has 0 aliphatic carbocycles. The smallest absolute Gasteiger partial charge is 0.0992 e. The highest BCUT2D eigenvalue weighted by atomic mass is 15.1. The lowest BCUT2D eigenvalue weighted by atomic mass is 9.92. The van der Waals surface area contributed by atoms with E-state index in [0.717, 1.165) is 18.7 Å². The average Bonchev–Trinajstić information content (AvgIpc) is 2.24. The van der Waals surface area contributed by atoms with Gasteiger partial charge in [0.05, 0.1) is 23.0 Å². The summed E-state index contributed by atoms with van der Waals surface area (Å²) in [5.74, 6) is 0. The molecule has 1 aromatic rings. The van der Waals surface area contributed by atoms with E-state index in [4.69, 9.17) is 11.0 Å². The van der Waals surface area contributed by atoms with Gasteiger partial charge in [-0.1, -0.05) is 20.8 Å². The number of hydrogen-bond donors (Lipinski definition) is 1. The van der Waals surface area contributed by atoms with Crippen LogP contribution in [0.15, 0.2) is 18.2 Å². The quantitative estimate of drug-likeness (QED) is 0.813. The Bertz CT molecular complexity index is 424. The Morgan fingerprint density at radius 1 is 1.35 bits per heavy atom. The van der Waals surface area contributed by atoms with Crippen LogP contribution in [0.4, 0.5) is 11.4 Å². The topological polar surface area (TPSA) is 53.0 Å². The molecule has 0 atom stereocenters. The van der Waals surface area contributed by atoms with Gasteiger partial charge in [0.15, 0.2) is 0 Å². The molecule has 17 heavy (non-hydrogen) atoms. The highest BCUT2D eigenvalue weighted by Crippen LogP contribution is 2.25. The van der Waals surface area contributed by atoms with E-state index in [2.05, 4.69) is 31.7 Å². The molecule has 0 aliphatic rings. The van der Waals surface area contributed by atoms with E-state index in [1.54, 1.807) is 12.1 Å². The zero-order valence-corrected chi connectivity index (χ0v) is 11.1. The molecule has 0 aliphatic heterocycles. The summed E-state index contributed by atoms with van der Waals surface area (Å²) in [4.78, 5) is 2.14. The van der Waals surface area contributed by atoms with E-state index >= 15 is 0 Å². The third-order valence-electron chi connectivity index (χ3n) is 2.77. The second-order valence-corrected chi connectivity index (χ2v) is 5.62. The predicted molar refractivity (Wildman–Crippen MR) is 72.9 cm³/mol. The van der Waals surface area contributed by atoms with Crippen molar-refractivity contribution in [3.05, 3.63) is 23.8 Å². The lowest BCUT2D eigenvalue weighted by Crippen LogP contribution is -2.23. The van der Waals surface area contributed by atoms with E-state index in [9.17, 15) is 0 Å². The lowest BCUT2D eigenvalue weighted by Gasteiger charge is -2.26. The van der Waals surface area contributed by atoms with Crippen molar-refractivity contribution in [2.24, 2.45) is 5.41 Å². The number of anilines is 2. The first-order chi connectivity index (χ1) is 7.83. The summed E-state index contributed by atoms with van der Waals surface area (Å²) in [5, 5.41) is 8.78. The maximum Gasteiger partial charge on any atom is 0.0992 e. The van der Waals surface area contributed by atoms with Gasteiger partial charge in [-0.3, -0.25) is 0 Å². The Hall–Kier alpha value is -1.69. The Morgan fingerprint density at radius 2 is 2.00 bits per heavy atom. The molecule has 0 bridgehead atoms. The number of nitrogens with two attached hydrogens (primary N) is 1. The van der Waals surface area contributed by atoms with Crippen molar-refractivity contribution in [3.63, 3.8) is 0 Å². The zero-order valence-electron chi connectivity index (χ0n) is 11.1. The minimum atomic E-state index is 0.315. The van der Waals surface area contributed by atoms with E-state index in [-0.39, 0.29) is 0 Å². The first-order valence-corrected chi connectivity index (χ1v) is 5.84. The van der Waals surface area contributed by atoms with E-state index in [0.29, 0.717) is 16.7 Å². The highest BCUT2D eigenvalue weighted by molar-refractivity contribution is 5.69. The number of nitriles is 1. The highest BCUT2D eigenvalue weighted by Gasteiger charge is 2.13. The van der Waals surface area contributed by atoms with Gasteiger partial charge in [0.1, 0.15) is 0 Å². The van der Waals surface area contributed by atoms with Gasteiger partial charge in [0, 0.05) is 13.6 Å². The number of rotatable bonds is 3. The van der Waals surface area contributed by atoms with Crippen molar-refractivity contribution < 1.29 is 0 Å². The van der Waals surface area contributed by atoms with Gasteiger partial charge in [-0.05, 0) is 30.0 Å². The number of hydrogen-bond acceptors (Lipinski definition) is 3. The molecule has 0 spiro atoms. The summed E-state index contributed by atoms with van der Waals surface area (Å²) in [6.07, 6.45) is 1.10. The molecule has 1 aromatic carbocycles. The van der Waals surface area contributed by atoms with Gasteiger partial charge in [0.2, 0.25) is 0 Å². The molecule has 0 fully saturated rings. The number of benzene rings is 1. The summed E-state index contributed by atoms with van der Waals surface area (Å²) in [6, 6.07) is 7.53. The van der Waals surface area contributed by atoms with Gasteiger partial charge in [0.25, 0.3) is 0 Å². The van der Waals surface area contributed by atoms with Gasteiger partial charge in [-0.15, -0.1) is 0 Å². The minimum Gasteiger partial charge on any atom is -0.397 e. The van der Waals surface area contributed by atoms with Crippen molar-refractivity contribution >= 4 is 11.4 Å². The van der Waals surface area contributed by atoms with Gasteiger partial charge >= 0.3 is 0 Å². The third-order valence-corrected chi connectivity index (χ3v) is 2.77. The second-order valence-electron chi connectivity index (χ2n) is 5.62. The lowest BCUT2D eigenvalue weighted by molar-refractivity contribution is 0.382. The van der Waals surface area contributed by atoms with Gasteiger partial charge in [-0.2, -0.15) is 5.26 Å². The van der Waals surface area contributed by atoms with Crippen molar-refractivity contribution in [2.75, 3.05) is 24.2 Å². The Balaban J connectivity index is 2.76. The van der Waals surface area contributed by atoms with Crippen molar-refractivity contribution in [3.8, 4) is 6.07 Å². The second kappa shape index (κ2) is 5.09. The molecule has 92 valence electrons. The van der Waals surface area contributed by atoms with Crippen LogP contribution in [0.2, 0.25) is 0 Å². The summed E-state index contributed by atoms with van der Waals surface area (Å²) in [5.41, 5.74) is 8.53. The Kier molecular flexibility index (Phi) is 4.01. The maximum absolute atomic E-state index is 8.78. The minimum absolute atomic E-state index is 0.315. The molecule has 3 nitrogen and oxygen atoms in total. The van der Waals surface area contributed by atoms with E-state index in [1.165, 1.54) is 0 Å². The molecular formula is C14H21N3. The molecule has 0 unspecified atom stereocenters. The molecule has 0 radical (unpaired) electrons. The van der Waals surface area contributed by atoms with Crippen LogP contribution in [0, 0.1) is 16.7 Å². The largest absolute Gasteiger partial charge is 0.397 e. The zero-order chi connectivity index (χ0) is 13.1.